The Hall–Kier alpha value is -1.17. The van der Waals surface area contributed by atoms with E-state index in [4.69, 9.17) is 16.3 Å². The molecule has 0 aliphatic heterocycles. The quantitative estimate of drug-likeness (QED) is 0.464. The first-order chi connectivity index (χ1) is 9.38. The Morgan fingerprint density at radius 3 is 2.85 bits per heavy atom. The second kappa shape index (κ2) is 6.07. The third-order valence-corrected chi connectivity index (χ3v) is 4.99. The molecule has 0 N–H and O–H groups in total. The first kappa shape index (κ1) is 15.2. The van der Waals surface area contributed by atoms with Crippen molar-refractivity contribution in [3.05, 3.63) is 30.1 Å². The minimum absolute atomic E-state index is 0.327. The van der Waals surface area contributed by atoms with Gasteiger partial charge in [-0.15, -0.1) is 0 Å². The number of hydrogen-bond donors (Lipinski definition) is 0. The molecule has 0 saturated carbocycles. The van der Waals surface area contributed by atoms with Crippen molar-refractivity contribution >= 4 is 36.0 Å². The van der Waals surface area contributed by atoms with Gasteiger partial charge in [-0.25, -0.2) is 0 Å². The van der Waals surface area contributed by atoms with Crippen molar-refractivity contribution in [2.45, 2.75) is 32.4 Å². The zero-order valence-corrected chi connectivity index (χ0v) is 13.8. The highest BCUT2D eigenvalue weighted by atomic mass is 35.5. The van der Waals surface area contributed by atoms with E-state index in [2.05, 4.69) is 24.6 Å². The molecule has 0 aliphatic rings. The Morgan fingerprint density at radius 2 is 2.20 bits per heavy atom. The van der Waals surface area contributed by atoms with Crippen LogP contribution in [0.25, 0.3) is 11.0 Å². The molecule has 2 aromatic heterocycles. The summed E-state index contributed by atoms with van der Waals surface area (Å²) < 4.78 is 7.49. The fourth-order valence-corrected chi connectivity index (χ4v) is 2.84. The van der Waals surface area contributed by atoms with Crippen molar-refractivity contribution in [3.63, 3.8) is 0 Å². The van der Waals surface area contributed by atoms with Crippen LogP contribution in [0.5, 0.6) is 0 Å². The van der Waals surface area contributed by atoms with Gasteiger partial charge in [-0.3, -0.25) is 9.78 Å². The molecule has 20 heavy (non-hydrogen) atoms. The van der Waals surface area contributed by atoms with E-state index in [1.54, 1.807) is 16.8 Å². The van der Waals surface area contributed by atoms with Crippen molar-refractivity contribution in [2.24, 2.45) is 0 Å². The highest BCUT2D eigenvalue weighted by Gasteiger charge is 2.15. The molecule has 0 amide bonds. The van der Waals surface area contributed by atoms with Crippen LogP contribution >= 0.6 is 11.6 Å². The number of hydrogen-bond acceptors (Lipinski definition) is 3. The first-order valence-corrected chi connectivity index (χ1v) is 10.7. The summed E-state index contributed by atoms with van der Waals surface area (Å²) in [6.45, 7) is 7.94. The molecule has 4 nitrogen and oxygen atoms in total. The zero-order valence-electron chi connectivity index (χ0n) is 12.0. The number of nitrogens with zero attached hydrogens (tertiary/aromatic N) is 2. The van der Waals surface area contributed by atoms with Crippen LogP contribution in [-0.2, 0) is 11.5 Å². The van der Waals surface area contributed by atoms with Gasteiger partial charge < -0.3 is 9.30 Å². The maximum atomic E-state index is 11.5. The summed E-state index contributed by atoms with van der Waals surface area (Å²) in [5.41, 5.74) is 2.04. The second-order valence-electron chi connectivity index (χ2n) is 5.99. The fourth-order valence-electron chi connectivity index (χ4n) is 1.92. The number of ether oxygens (including phenoxy) is 1. The molecule has 0 atom stereocenters. The lowest BCUT2D eigenvalue weighted by Gasteiger charge is -2.16. The molecule has 0 aliphatic carbocycles. The van der Waals surface area contributed by atoms with E-state index in [0.29, 0.717) is 19.0 Å². The molecule has 0 aromatic carbocycles. The van der Waals surface area contributed by atoms with Gasteiger partial charge in [0.2, 0.25) is 0 Å². The summed E-state index contributed by atoms with van der Waals surface area (Å²) in [6, 6.07) is 6.54. The predicted molar refractivity (Wildman–Crippen MR) is 84.0 cm³/mol. The van der Waals surface area contributed by atoms with Gasteiger partial charge in [0.05, 0.1) is 11.0 Å². The maximum absolute atomic E-state index is 11.5. The van der Waals surface area contributed by atoms with Crippen LogP contribution in [0.1, 0.15) is 10.5 Å². The average Bonchev–Trinajstić information content (AvgIpc) is 2.72. The van der Waals surface area contributed by atoms with E-state index in [9.17, 15) is 4.79 Å². The molecule has 0 unspecified atom stereocenters. The van der Waals surface area contributed by atoms with E-state index in [1.807, 2.05) is 12.1 Å². The van der Waals surface area contributed by atoms with E-state index in [-0.39, 0.29) is 0 Å². The van der Waals surface area contributed by atoms with Crippen LogP contribution in [0.2, 0.25) is 25.7 Å². The molecule has 0 radical (unpaired) electrons. The van der Waals surface area contributed by atoms with Crippen LogP contribution in [0.3, 0.4) is 0 Å². The Bertz CT molecular complexity index is 619. The summed E-state index contributed by atoms with van der Waals surface area (Å²) in [4.78, 5) is 15.7. The number of carbonyl (C=O) groups is 1. The smallest absolute Gasteiger partial charge is 0.269 e. The molecular formula is C14H19ClN2O2Si. The van der Waals surface area contributed by atoms with Crippen molar-refractivity contribution in [1.82, 2.24) is 9.55 Å². The van der Waals surface area contributed by atoms with Crippen LogP contribution in [-0.4, -0.2) is 29.5 Å². The van der Waals surface area contributed by atoms with Gasteiger partial charge in [-0.1, -0.05) is 19.6 Å². The lowest BCUT2D eigenvalue weighted by Crippen LogP contribution is -2.22. The first-order valence-electron chi connectivity index (χ1n) is 6.60. The monoisotopic (exact) mass is 310 g/mol. The molecule has 2 heterocycles. The van der Waals surface area contributed by atoms with Crippen molar-refractivity contribution < 1.29 is 9.53 Å². The molecule has 2 aromatic rings. The topological polar surface area (TPSA) is 44.1 Å². The molecule has 108 valence electrons. The zero-order chi connectivity index (χ0) is 14.8. The summed E-state index contributed by atoms with van der Waals surface area (Å²) >= 11 is 5.63. The number of rotatable bonds is 6. The molecule has 0 fully saturated rings. The molecule has 0 spiro atoms. The van der Waals surface area contributed by atoms with Gasteiger partial charge in [0.15, 0.2) is 0 Å². The summed E-state index contributed by atoms with van der Waals surface area (Å²) in [5, 5.41) is -0.489. The van der Waals surface area contributed by atoms with Crippen molar-refractivity contribution in [3.8, 4) is 0 Å². The molecule has 0 bridgehead atoms. The molecule has 2 rings (SSSR count). The van der Waals surface area contributed by atoms with E-state index in [1.165, 1.54) is 0 Å². The largest absolute Gasteiger partial charge is 0.361 e. The Kier molecular flexibility index (Phi) is 4.62. The Labute approximate surface area is 124 Å². The summed E-state index contributed by atoms with van der Waals surface area (Å²) in [5.74, 6) is 0. The minimum atomic E-state index is -1.11. The minimum Gasteiger partial charge on any atom is -0.361 e. The SMILES string of the molecule is C[Si](C)(C)CCOCn1c(C(=O)Cl)cc2ncccc21. The Balaban J connectivity index is 2.15. The average molecular weight is 311 g/mol. The van der Waals surface area contributed by atoms with Gasteiger partial charge in [-0.05, 0) is 35.8 Å². The van der Waals surface area contributed by atoms with Crippen LogP contribution in [0.4, 0.5) is 0 Å². The highest BCUT2D eigenvalue weighted by molar-refractivity contribution is 6.76. The summed E-state index contributed by atoms with van der Waals surface area (Å²) in [6.07, 6.45) is 1.70. The lowest BCUT2D eigenvalue weighted by atomic mass is 10.4. The van der Waals surface area contributed by atoms with Crippen LogP contribution in [0.15, 0.2) is 24.4 Å². The van der Waals surface area contributed by atoms with Gasteiger partial charge in [0.1, 0.15) is 12.4 Å². The third kappa shape index (κ3) is 3.68. The second-order valence-corrected chi connectivity index (χ2v) is 12.0. The molecule has 0 saturated heterocycles. The van der Waals surface area contributed by atoms with Crippen molar-refractivity contribution in [1.29, 1.82) is 0 Å². The lowest BCUT2D eigenvalue weighted by molar-refractivity contribution is 0.0854. The van der Waals surface area contributed by atoms with Gasteiger partial charge in [0, 0.05) is 20.9 Å². The van der Waals surface area contributed by atoms with Gasteiger partial charge in [-0.2, -0.15) is 0 Å². The predicted octanol–water partition coefficient (Wildman–Crippen LogP) is 3.73. The molecule has 6 heteroatoms. The maximum Gasteiger partial charge on any atom is 0.269 e. The third-order valence-electron chi connectivity index (χ3n) is 3.09. The van der Waals surface area contributed by atoms with Crippen LogP contribution < -0.4 is 0 Å². The summed E-state index contributed by atoms with van der Waals surface area (Å²) in [7, 11) is -1.11. The Morgan fingerprint density at radius 1 is 1.45 bits per heavy atom. The normalized spacial score (nSPS) is 12.0. The number of fused-ring (bicyclic) bond motifs is 1. The van der Waals surface area contributed by atoms with Gasteiger partial charge >= 0.3 is 0 Å². The fraction of sp³-hybridized carbons (Fsp3) is 0.429. The van der Waals surface area contributed by atoms with E-state index in [0.717, 1.165) is 17.1 Å². The molecular weight excluding hydrogens is 292 g/mol. The van der Waals surface area contributed by atoms with Crippen molar-refractivity contribution in [2.75, 3.05) is 6.61 Å². The highest BCUT2D eigenvalue weighted by Crippen LogP contribution is 2.19. The number of carbonyl (C=O) groups excluding carboxylic acids is 1. The van der Waals surface area contributed by atoms with Crippen LogP contribution in [0, 0.1) is 0 Å². The van der Waals surface area contributed by atoms with E-state index >= 15 is 0 Å². The standard InChI is InChI=1S/C14H19ClN2O2Si/c1-20(2,3)8-7-19-10-17-12-5-4-6-16-11(12)9-13(17)14(15)18/h4-6,9H,7-8,10H2,1-3H3. The number of aromatic nitrogens is 2. The number of pyridine rings is 1. The van der Waals surface area contributed by atoms with Gasteiger partial charge in [0.25, 0.3) is 5.24 Å². The number of halogens is 1. The van der Waals surface area contributed by atoms with E-state index < -0.39 is 13.3 Å².